The Labute approximate surface area is 155 Å². The minimum absolute atomic E-state index is 0.518. The van der Waals surface area contributed by atoms with Gasteiger partial charge in [-0.2, -0.15) is 0 Å². The van der Waals surface area contributed by atoms with Crippen LogP contribution in [-0.2, 0) is 13.1 Å². The SMILES string of the molecule is Cc1ccc(CNCc2ccccc2OCCOc2ccccc2)cc1. The van der Waals surface area contributed by atoms with E-state index in [0.29, 0.717) is 13.2 Å². The van der Waals surface area contributed by atoms with Gasteiger partial charge in [-0.3, -0.25) is 0 Å². The fourth-order valence-corrected chi connectivity index (χ4v) is 2.67. The molecule has 0 saturated carbocycles. The van der Waals surface area contributed by atoms with Crippen LogP contribution in [0.3, 0.4) is 0 Å². The summed E-state index contributed by atoms with van der Waals surface area (Å²) in [5, 5.41) is 3.48. The summed E-state index contributed by atoms with van der Waals surface area (Å²) < 4.78 is 11.6. The Morgan fingerprint density at radius 3 is 2.19 bits per heavy atom. The van der Waals surface area contributed by atoms with Crippen LogP contribution in [0.4, 0.5) is 0 Å². The number of para-hydroxylation sites is 2. The summed E-state index contributed by atoms with van der Waals surface area (Å²) in [4.78, 5) is 0. The molecule has 0 saturated heterocycles. The third-order valence-electron chi connectivity index (χ3n) is 4.09. The minimum atomic E-state index is 0.518. The highest BCUT2D eigenvalue weighted by atomic mass is 16.5. The fourth-order valence-electron chi connectivity index (χ4n) is 2.67. The zero-order valence-corrected chi connectivity index (χ0v) is 15.2. The number of rotatable bonds is 9. The van der Waals surface area contributed by atoms with Crippen LogP contribution < -0.4 is 14.8 Å². The van der Waals surface area contributed by atoms with Crippen LogP contribution in [0.5, 0.6) is 11.5 Å². The quantitative estimate of drug-likeness (QED) is 0.567. The molecule has 0 radical (unpaired) electrons. The Kier molecular flexibility index (Phi) is 6.68. The lowest BCUT2D eigenvalue weighted by Crippen LogP contribution is -2.15. The van der Waals surface area contributed by atoms with Crippen LogP contribution in [0.25, 0.3) is 0 Å². The number of hydrogen-bond donors (Lipinski definition) is 1. The van der Waals surface area contributed by atoms with Gasteiger partial charge in [0, 0.05) is 18.7 Å². The highest BCUT2D eigenvalue weighted by Crippen LogP contribution is 2.18. The summed E-state index contributed by atoms with van der Waals surface area (Å²) in [6.07, 6.45) is 0. The number of hydrogen-bond acceptors (Lipinski definition) is 3. The second-order valence-corrected chi connectivity index (χ2v) is 6.21. The standard InChI is InChI=1S/C23H25NO2/c1-19-11-13-20(14-12-19)17-24-18-21-7-5-6-10-23(21)26-16-15-25-22-8-3-2-4-9-22/h2-14,24H,15-18H2,1H3. The highest BCUT2D eigenvalue weighted by molar-refractivity contribution is 5.33. The molecule has 3 heteroatoms. The number of benzene rings is 3. The second-order valence-electron chi connectivity index (χ2n) is 6.21. The predicted octanol–water partition coefficient (Wildman–Crippen LogP) is 4.74. The van der Waals surface area contributed by atoms with Crippen LogP contribution in [-0.4, -0.2) is 13.2 Å². The lowest BCUT2D eigenvalue weighted by atomic mass is 10.1. The molecule has 1 N–H and O–H groups in total. The molecular formula is C23H25NO2. The van der Waals surface area contributed by atoms with Gasteiger partial charge in [0.1, 0.15) is 24.7 Å². The van der Waals surface area contributed by atoms with Crippen molar-refractivity contribution in [3.05, 3.63) is 95.6 Å². The minimum Gasteiger partial charge on any atom is -0.490 e. The van der Waals surface area contributed by atoms with Gasteiger partial charge >= 0.3 is 0 Å². The van der Waals surface area contributed by atoms with E-state index in [1.807, 2.05) is 48.5 Å². The average molecular weight is 347 g/mol. The molecule has 0 heterocycles. The number of ether oxygens (including phenoxy) is 2. The Bertz CT molecular complexity index is 785. The maximum atomic E-state index is 5.91. The van der Waals surface area contributed by atoms with E-state index in [0.717, 1.165) is 30.2 Å². The van der Waals surface area contributed by atoms with Gasteiger partial charge < -0.3 is 14.8 Å². The molecule has 0 aliphatic heterocycles. The topological polar surface area (TPSA) is 30.5 Å². The Morgan fingerprint density at radius 2 is 1.38 bits per heavy atom. The Hall–Kier alpha value is -2.78. The van der Waals surface area contributed by atoms with E-state index in [4.69, 9.17) is 9.47 Å². The summed E-state index contributed by atoms with van der Waals surface area (Å²) in [5.74, 6) is 1.77. The van der Waals surface area contributed by atoms with E-state index in [-0.39, 0.29) is 0 Å². The summed E-state index contributed by atoms with van der Waals surface area (Å²) in [7, 11) is 0. The van der Waals surface area contributed by atoms with Gasteiger partial charge in [-0.1, -0.05) is 66.2 Å². The van der Waals surface area contributed by atoms with Crippen molar-refractivity contribution in [3.8, 4) is 11.5 Å². The summed E-state index contributed by atoms with van der Waals surface area (Å²) in [6.45, 7) is 4.75. The smallest absolute Gasteiger partial charge is 0.123 e. The molecule has 26 heavy (non-hydrogen) atoms. The van der Waals surface area contributed by atoms with Crippen molar-refractivity contribution < 1.29 is 9.47 Å². The molecular weight excluding hydrogens is 322 g/mol. The van der Waals surface area contributed by atoms with Crippen LogP contribution >= 0.6 is 0 Å². The zero-order valence-electron chi connectivity index (χ0n) is 15.2. The molecule has 3 aromatic rings. The van der Waals surface area contributed by atoms with E-state index < -0.39 is 0 Å². The molecule has 0 bridgehead atoms. The van der Waals surface area contributed by atoms with Crippen molar-refractivity contribution in [2.24, 2.45) is 0 Å². The van der Waals surface area contributed by atoms with Gasteiger partial charge in [0.05, 0.1) is 0 Å². The van der Waals surface area contributed by atoms with Crippen LogP contribution in [0, 0.1) is 6.92 Å². The van der Waals surface area contributed by atoms with Gasteiger partial charge in [-0.25, -0.2) is 0 Å². The molecule has 0 spiro atoms. The van der Waals surface area contributed by atoms with Crippen LogP contribution in [0.1, 0.15) is 16.7 Å². The van der Waals surface area contributed by atoms with Crippen molar-refractivity contribution in [1.82, 2.24) is 5.32 Å². The summed E-state index contributed by atoms with van der Waals surface area (Å²) in [6, 6.07) is 26.5. The van der Waals surface area contributed by atoms with Gasteiger partial charge in [0.15, 0.2) is 0 Å². The maximum absolute atomic E-state index is 5.91. The van der Waals surface area contributed by atoms with Gasteiger partial charge in [0.2, 0.25) is 0 Å². The summed E-state index contributed by atoms with van der Waals surface area (Å²) >= 11 is 0. The largest absolute Gasteiger partial charge is 0.490 e. The number of nitrogens with one attached hydrogen (secondary N) is 1. The monoisotopic (exact) mass is 347 g/mol. The Morgan fingerprint density at radius 1 is 0.692 bits per heavy atom. The molecule has 3 rings (SSSR count). The molecule has 134 valence electrons. The first-order chi connectivity index (χ1) is 12.8. The molecule has 0 amide bonds. The van der Waals surface area contributed by atoms with E-state index in [1.54, 1.807) is 0 Å². The average Bonchev–Trinajstić information content (AvgIpc) is 2.69. The third kappa shape index (κ3) is 5.64. The third-order valence-corrected chi connectivity index (χ3v) is 4.09. The zero-order chi connectivity index (χ0) is 18.0. The maximum Gasteiger partial charge on any atom is 0.123 e. The molecule has 3 aromatic carbocycles. The van der Waals surface area contributed by atoms with Gasteiger partial charge in [-0.15, -0.1) is 0 Å². The van der Waals surface area contributed by atoms with Gasteiger partial charge in [0.25, 0.3) is 0 Å². The first kappa shape index (κ1) is 18.0. The van der Waals surface area contributed by atoms with Crippen molar-refractivity contribution in [3.63, 3.8) is 0 Å². The first-order valence-electron chi connectivity index (χ1n) is 8.96. The van der Waals surface area contributed by atoms with Crippen molar-refractivity contribution in [1.29, 1.82) is 0 Å². The first-order valence-corrected chi connectivity index (χ1v) is 8.96. The van der Waals surface area contributed by atoms with E-state index in [1.165, 1.54) is 11.1 Å². The van der Waals surface area contributed by atoms with Gasteiger partial charge in [-0.05, 0) is 30.7 Å². The normalized spacial score (nSPS) is 10.5. The molecule has 0 atom stereocenters. The van der Waals surface area contributed by atoms with E-state index in [2.05, 4.69) is 42.6 Å². The molecule has 0 aromatic heterocycles. The second kappa shape index (κ2) is 9.64. The molecule has 0 fully saturated rings. The lowest BCUT2D eigenvalue weighted by Gasteiger charge is -2.13. The summed E-state index contributed by atoms with van der Waals surface area (Å²) in [5.41, 5.74) is 3.72. The number of aryl methyl sites for hydroxylation is 1. The predicted molar refractivity (Wildman–Crippen MR) is 106 cm³/mol. The molecule has 3 nitrogen and oxygen atoms in total. The molecule has 0 unspecified atom stereocenters. The van der Waals surface area contributed by atoms with Crippen LogP contribution in [0.15, 0.2) is 78.9 Å². The van der Waals surface area contributed by atoms with Crippen LogP contribution in [0.2, 0.25) is 0 Å². The van der Waals surface area contributed by atoms with Crippen molar-refractivity contribution in [2.75, 3.05) is 13.2 Å². The fraction of sp³-hybridized carbons (Fsp3) is 0.217. The Balaban J connectivity index is 1.45. The molecule has 0 aliphatic carbocycles. The highest BCUT2D eigenvalue weighted by Gasteiger charge is 2.03. The van der Waals surface area contributed by atoms with Crippen molar-refractivity contribution in [2.45, 2.75) is 20.0 Å². The van der Waals surface area contributed by atoms with Crippen molar-refractivity contribution >= 4 is 0 Å². The van der Waals surface area contributed by atoms with E-state index in [9.17, 15) is 0 Å². The molecule has 0 aliphatic rings. The lowest BCUT2D eigenvalue weighted by molar-refractivity contribution is 0.215. The van der Waals surface area contributed by atoms with E-state index >= 15 is 0 Å².